The predicted octanol–water partition coefficient (Wildman–Crippen LogP) is 3.63. The second-order valence-electron chi connectivity index (χ2n) is 3.87. The molecule has 2 nitrogen and oxygen atoms in total. The lowest BCUT2D eigenvalue weighted by atomic mass is 10.1. The molecule has 86 valence electrons. The van der Waals surface area contributed by atoms with Gasteiger partial charge in [-0.15, -0.1) is 22.7 Å². The largest absolute Gasteiger partial charge is 0.388 e. The zero-order chi connectivity index (χ0) is 11.7. The first-order valence-electron chi connectivity index (χ1n) is 5.36. The highest BCUT2D eigenvalue weighted by molar-refractivity contribution is 7.17. The summed E-state index contributed by atoms with van der Waals surface area (Å²) in [6.45, 7) is 0. The van der Waals surface area contributed by atoms with Crippen molar-refractivity contribution in [3.05, 3.63) is 51.8 Å². The molecule has 2 aromatic heterocycles. The highest BCUT2D eigenvalue weighted by atomic mass is 32.1. The van der Waals surface area contributed by atoms with Gasteiger partial charge < -0.3 is 5.11 Å². The van der Waals surface area contributed by atoms with Gasteiger partial charge in [0.05, 0.1) is 11.6 Å². The van der Waals surface area contributed by atoms with Crippen LogP contribution in [-0.2, 0) is 6.42 Å². The standard InChI is InChI=1S/C13H11NOS2/c15-12(5-9-6-14-8-17-9)11-7-16-13-4-2-1-3-10(11)13/h1-4,6-8,12,15H,5H2. The molecular formula is C13H11NOS2. The first-order valence-corrected chi connectivity index (χ1v) is 7.12. The molecular weight excluding hydrogens is 250 g/mol. The lowest BCUT2D eigenvalue weighted by molar-refractivity contribution is 0.181. The van der Waals surface area contributed by atoms with Crippen molar-refractivity contribution in [3.63, 3.8) is 0 Å². The average molecular weight is 261 g/mol. The fourth-order valence-electron chi connectivity index (χ4n) is 1.90. The molecule has 0 saturated carbocycles. The van der Waals surface area contributed by atoms with Crippen molar-refractivity contribution in [2.75, 3.05) is 0 Å². The molecule has 17 heavy (non-hydrogen) atoms. The van der Waals surface area contributed by atoms with E-state index in [-0.39, 0.29) is 0 Å². The molecule has 0 saturated heterocycles. The van der Waals surface area contributed by atoms with Gasteiger partial charge in [-0.25, -0.2) is 0 Å². The summed E-state index contributed by atoms with van der Waals surface area (Å²) in [5.74, 6) is 0. The van der Waals surface area contributed by atoms with Crippen molar-refractivity contribution in [2.24, 2.45) is 0 Å². The number of thiophene rings is 1. The van der Waals surface area contributed by atoms with Gasteiger partial charge in [0.25, 0.3) is 0 Å². The van der Waals surface area contributed by atoms with E-state index < -0.39 is 6.10 Å². The van der Waals surface area contributed by atoms with E-state index in [9.17, 15) is 5.11 Å². The van der Waals surface area contributed by atoms with Crippen LogP contribution >= 0.6 is 22.7 Å². The molecule has 1 N–H and O–H groups in total. The topological polar surface area (TPSA) is 33.1 Å². The highest BCUT2D eigenvalue weighted by Crippen LogP contribution is 2.32. The number of hydrogen-bond acceptors (Lipinski definition) is 4. The van der Waals surface area contributed by atoms with Crippen molar-refractivity contribution < 1.29 is 5.11 Å². The number of aliphatic hydroxyl groups excluding tert-OH is 1. The van der Waals surface area contributed by atoms with E-state index in [1.165, 1.54) is 4.70 Å². The van der Waals surface area contributed by atoms with Crippen molar-refractivity contribution in [1.29, 1.82) is 0 Å². The summed E-state index contributed by atoms with van der Waals surface area (Å²) in [4.78, 5) is 5.15. The number of benzene rings is 1. The first kappa shape index (κ1) is 10.9. The number of thiazole rings is 1. The second-order valence-corrected chi connectivity index (χ2v) is 5.76. The third-order valence-corrected chi connectivity index (χ3v) is 4.53. The first-order chi connectivity index (χ1) is 8.34. The lowest BCUT2D eigenvalue weighted by Gasteiger charge is -2.07. The highest BCUT2D eigenvalue weighted by Gasteiger charge is 2.14. The molecule has 0 bridgehead atoms. The summed E-state index contributed by atoms with van der Waals surface area (Å²) in [5.41, 5.74) is 2.83. The van der Waals surface area contributed by atoms with Crippen LogP contribution < -0.4 is 0 Å². The molecule has 3 aromatic rings. The molecule has 0 aliphatic heterocycles. The normalized spacial score (nSPS) is 13.0. The molecule has 1 atom stereocenters. The van der Waals surface area contributed by atoms with Gasteiger partial charge in [-0.05, 0) is 22.4 Å². The van der Waals surface area contributed by atoms with Crippen LogP contribution in [0.3, 0.4) is 0 Å². The van der Waals surface area contributed by atoms with Gasteiger partial charge in [-0.2, -0.15) is 0 Å². The number of hydrogen-bond donors (Lipinski definition) is 1. The molecule has 0 radical (unpaired) electrons. The van der Waals surface area contributed by atoms with E-state index in [4.69, 9.17) is 0 Å². The third-order valence-electron chi connectivity index (χ3n) is 2.75. The van der Waals surface area contributed by atoms with Crippen LogP contribution in [0.5, 0.6) is 0 Å². The number of aliphatic hydroxyl groups is 1. The molecule has 0 fully saturated rings. The molecule has 1 aromatic carbocycles. The summed E-state index contributed by atoms with van der Waals surface area (Å²) in [6.07, 6.45) is 2.03. The fourth-order valence-corrected chi connectivity index (χ4v) is 3.54. The van der Waals surface area contributed by atoms with E-state index in [0.29, 0.717) is 6.42 Å². The molecule has 0 aliphatic carbocycles. The van der Waals surface area contributed by atoms with E-state index >= 15 is 0 Å². The number of fused-ring (bicyclic) bond motifs is 1. The Morgan fingerprint density at radius 1 is 1.24 bits per heavy atom. The Kier molecular flexibility index (Phi) is 2.93. The molecule has 0 amide bonds. The molecule has 3 rings (SSSR count). The van der Waals surface area contributed by atoms with Crippen molar-refractivity contribution in [2.45, 2.75) is 12.5 Å². The van der Waals surface area contributed by atoms with Crippen molar-refractivity contribution in [1.82, 2.24) is 4.98 Å². The molecule has 0 spiro atoms. The Morgan fingerprint density at radius 2 is 2.12 bits per heavy atom. The van der Waals surface area contributed by atoms with Crippen LogP contribution in [0.4, 0.5) is 0 Å². The van der Waals surface area contributed by atoms with Crippen molar-refractivity contribution >= 4 is 32.8 Å². The van der Waals surface area contributed by atoms with Gasteiger partial charge in [0.1, 0.15) is 0 Å². The average Bonchev–Trinajstić information content (AvgIpc) is 2.96. The summed E-state index contributed by atoms with van der Waals surface area (Å²) in [6, 6.07) is 8.19. The van der Waals surface area contributed by atoms with Crippen LogP contribution in [0.1, 0.15) is 16.5 Å². The maximum absolute atomic E-state index is 10.3. The summed E-state index contributed by atoms with van der Waals surface area (Å²) >= 11 is 3.27. The Hall–Kier alpha value is -1.23. The Balaban J connectivity index is 1.93. The zero-order valence-electron chi connectivity index (χ0n) is 9.04. The van der Waals surface area contributed by atoms with E-state index in [1.54, 1.807) is 28.2 Å². The van der Waals surface area contributed by atoms with Gasteiger partial charge in [-0.1, -0.05) is 18.2 Å². The number of rotatable bonds is 3. The van der Waals surface area contributed by atoms with Crippen LogP contribution in [0, 0.1) is 0 Å². The van der Waals surface area contributed by atoms with Crippen molar-refractivity contribution in [3.8, 4) is 0 Å². The summed E-state index contributed by atoms with van der Waals surface area (Å²) in [7, 11) is 0. The Bertz CT molecular complexity index is 615. The van der Waals surface area contributed by atoms with Gasteiger partial charge in [0, 0.05) is 22.2 Å². The molecule has 4 heteroatoms. The van der Waals surface area contributed by atoms with E-state index in [1.807, 2.05) is 18.3 Å². The van der Waals surface area contributed by atoms with Gasteiger partial charge in [0.2, 0.25) is 0 Å². The molecule has 0 aliphatic rings. The quantitative estimate of drug-likeness (QED) is 0.781. The van der Waals surface area contributed by atoms with Crippen LogP contribution in [0.25, 0.3) is 10.1 Å². The van der Waals surface area contributed by atoms with Gasteiger partial charge in [-0.3, -0.25) is 4.98 Å². The summed E-state index contributed by atoms with van der Waals surface area (Å²) < 4.78 is 1.23. The zero-order valence-corrected chi connectivity index (χ0v) is 10.7. The minimum absolute atomic E-state index is 0.438. The number of nitrogens with zero attached hydrogens (tertiary/aromatic N) is 1. The maximum Gasteiger partial charge on any atom is 0.0852 e. The Morgan fingerprint density at radius 3 is 2.94 bits per heavy atom. The van der Waals surface area contributed by atoms with E-state index in [2.05, 4.69) is 22.5 Å². The minimum atomic E-state index is -0.438. The van der Waals surface area contributed by atoms with Crippen LogP contribution in [0.2, 0.25) is 0 Å². The predicted molar refractivity (Wildman–Crippen MR) is 72.6 cm³/mol. The molecule has 1 unspecified atom stereocenters. The van der Waals surface area contributed by atoms with Gasteiger partial charge >= 0.3 is 0 Å². The van der Waals surface area contributed by atoms with Gasteiger partial charge in [0.15, 0.2) is 0 Å². The number of aromatic nitrogens is 1. The second kappa shape index (κ2) is 4.56. The maximum atomic E-state index is 10.3. The van der Waals surface area contributed by atoms with Crippen LogP contribution in [0.15, 0.2) is 41.4 Å². The summed E-state index contributed by atoms with van der Waals surface area (Å²) in [5, 5.41) is 13.5. The fraction of sp³-hybridized carbons (Fsp3) is 0.154. The lowest BCUT2D eigenvalue weighted by Crippen LogP contribution is -1.99. The van der Waals surface area contributed by atoms with E-state index in [0.717, 1.165) is 15.8 Å². The minimum Gasteiger partial charge on any atom is -0.388 e. The monoisotopic (exact) mass is 261 g/mol. The smallest absolute Gasteiger partial charge is 0.0852 e. The molecule has 2 heterocycles. The van der Waals surface area contributed by atoms with Crippen LogP contribution in [-0.4, -0.2) is 10.1 Å². The Labute approximate surface area is 107 Å². The third kappa shape index (κ3) is 2.11. The SMILES string of the molecule is OC(Cc1cncs1)c1csc2ccccc12.